The van der Waals surface area contributed by atoms with E-state index in [0.717, 1.165) is 13.0 Å². The summed E-state index contributed by atoms with van der Waals surface area (Å²) in [5.41, 5.74) is 1.26. The van der Waals surface area contributed by atoms with Gasteiger partial charge in [-0.25, -0.2) is 0 Å². The first-order valence-corrected chi connectivity index (χ1v) is 5.93. The minimum atomic E-state index is 0.0933. The molecule has 0 aromatic heterocycles. The molecule has 1 rings (SSSR count). The van der Waals surface area contributed by atoms with Gasteiger partial charge in [-0.15, -0.1) is 0 Å². The first kappa shape index (κ1) is 12.8. The van der Waals surface area contributed by atoms with Crippen molar-refractivity contribution in [2.75, 3.05) is 6.54 Å². The van der Waals surface area contributed by atoms with Crippen LogP contribution in [0.1, 0.15) is 26.3 Å². The number of amides is 1. The zero-order chi connectivity index (χ0) is 12.0. The second-order valence-corrected chi connectivity index (χ2v) is 4.56. The predicted octanol–water partition coefficient (Wildman–Crippen LogP) is 2.64. The number of benzene rings is 1. The average molecular weight is 219 g/mol. The monoisotopic (exact) mass is 219 g/mol. The zero-order valence-corrected chi connectivity index (χ0v) is 10.4. The Morgan fingerprint density at radius 1 is 1.19 bits per heavy atom. The Balaban J connectivity index is 2.28. The number of rotatable bonds is 5. The van der Waals surface area contributed by atoms with Gasteiger partial charge in [0.2, 0.25) is 5.91 Å². The van der Waals surface area contributed by atoms with Gasteiger partial charge >= 0.3 is 0 Å². The zero-order valence-electron chi connectivity index (χ0n) is 10.4. The molecule has 0 saturated heterocycles. The molecule has 0 bridgehead atoms. The highest BCUT2D eigenvalue weighted by Crippen LogP contribution is 2.09. The SMILES string of the molecule is CC(C)C(C)C(=O)NCCc1ccccc1. The van der Waals surface area contributed by atoms with Crippen LogP contribution < -0.4 is 5.32 Å². The molecule has 1 aromatic rings. The molecule has 0 saturated carbocycles. The largest absolute Gasteiger partial charge is 0.356 e. The number of carbonyl (C=O) groups excluding carboxylic acids is 1. The van der Waals surface area contributed by atoms with E-state index in [-0.39, 0.29) is 11.8 Å². The summed E-state index contributed by atoms with van der Waals surface area (Å²) in [7, 11) is 0. The highest BCUT2D eigenvalue weighted by molar-refractivity contribution is 5.78. The fraction of sp³-hybridized carbons (Fsp3) is 0.500. The fourth-order valence-electron chi connectivity index (χ4n) is 1.44. The highest BCUT2D eigenvalue weighted by atomic mass is 16.1. The van der Waals surface area contributed by atoms with Gasteiger partial charge in [-0.3, -0.25) is 4.79 Å². The maximum absolute atomic E-state index is 11.7. The van der Waals surface area contributed by atoms with E-state index >= 15 is 0 Å². The molecule has 1 atom stereocenters. The minimum absolute atomic E-state index is 0.0933. The van der Waals surface area contributed by atoms with Crippen LogP contribution in [-0.4, -0.2) is 12.5 Å². The number of carbonyl (C=O) groups is 1. The van der Waals surface area contributed by atoms with Crippen LogP contribution in [0.25, 0.3) is 0 Å². The quantitative estimate of drug-likeness (QED) is 0.810. The summed E-state index contributed by atoms with van der Waals surface area (Å²) in [4.78, 5) is 11.7. The van der Waals surface area contributed by atoms with E-state index in [9.17, 15) is 4.79 Å². The van der Waals surface area contributed by atoms with Gasteiger partial charge in [0.1, 0.15) is 0 Å². The van der Waals surface area contributed by atoms with E-state index in [1.165, 1.54) is 5.56 Å². The van der Waals surface area contributed by atoms with Crippen LogP contribution in [0.3, 0.4) is 0 Å². The van der Waals surface area contributed by atoms with Crippen molar-refractivity contribution in [3.8, 4) is 0 Å². The van der Waals surface area contributed by atoms with Gasteiger partial charge in [-0.1, -0.05) is 51.1 Å². The molecule has 0 heterocycles. The lowest BCUT2D eigenvalue weighted by molar-refractivity contribution is -0.125. The van der Waals surface area contributed by atoms with Crippen LogP contribution >= 0.6 is 0 Å². The summed E-state index contributed by atoms with van der Waals surface area (Å²) in [5, 5.41) is 2.97. The normalized spacial score (nSPS) is 12.5. The van der Waals surface area contributed by atoms with Crippen molar-refractivity contribution in [1.29, 1.82) is 0 Å². The summed E-state index contributed by atoms with van der Waals surface area (Å²) in [6.07, 6.45) is 0.900. The Labute approximate surface area is 98.1 Å². The van der Waals surface area contributed by atoms with Gasteiger partial charge in [0.15, 0.2) is 0 Å². The maximum Gasteiger partial charge on any atom is 0.223 e. The van der Waals surface area contributed by atoms with E-state index in [1.807, 2.05) is 25.1 Å². The van der Waals surface area contributed by atoms with Crippen LogP contribution in [0.2, 0.25) is 0 Å². The van der Waals surface area contributed by atoms with E-state index in [0.29, 0.717) is 5.92 Å². The Hall–Kier alpha value is -1.31. The Morgan fingerprint density at radius 2 is 1.81 bits per heavy atom. The standard InChI is InChI=1S/C14H21NO/c1-11(2)12(3)14(16)15-10-9-13-7-5-4-6-8-13/h4-8,11-12H,9-10H2,1-3H3,(H,15,16). The summed E-state index contributed by atoms with van der Waals surface area (Å²) >= 11 is 0. The van der Waals surface area contributed by atoms with E-state index in [2.05, 4.69) is 31.3 Å². The van der Waals surface area contributed by atoms with Gasteiger partial charge in [0.05, 0.1) is 0 Å². The molecular weight excluding hydrogens is 198 g/mol. The molecule has 88 valence electrons. The molecule has 0 aliphatic heterocycles. The van der Waals surface area contributed by atoms with Crippen molar-refractivity contribution in [1.82, 2.24) is 5.32 Å². The van der Waals surface area contributed by atoms with Crippen LogP contribution in [0.5, 0.6) is 0 Å². The molecule has 0 aliphatic rings. The second kappa shape index (κ2) is 6.31. The molecule has 1 aromatic carbocycles. The van der Waals surface area contributed by atoms with E-state index in [4.69, 9.17) is 0 Å². The van der Waals surface area contributed by atoms with E-state index < -0.39 is 0 Å². The third-order valence-electron chi connectivity index (χ3n) is 2.97. The number of nitrogens with one attached hydrogen (secondary N) is 1. The van der Waals surface area contributed by atoms with Gasteiger partial charge in [-0.2, -0.15) is 0 Å². The molecule has 1 unspecified atom stereocenters. The van der Waals surface area contributed by atoms with Gasteiger partial charge in [-0.05, 0) is 17.9 Å². The Bertz CT molecular complexity index is 319. The van der Waals surface area contributed by atoms with Gasteiger partial charge < -0.3 is 5.32 Å². The molecule has 0 radical (unpaired) electrons. The predicted molar refractivity (Wildman–Crippen MR) is 67.2 cm³/mol. The molecular formula is C14H21NO. The van der Waals surface area contributed by atoms with Crippen LogP contribution in [0.15, 0.2) is 30.3 Å². The van der Waals surface area contributed by atoms with Crippen molar-refractivity contribution < 1.29 is 4.79 Å². The molecule has 0 aliphatic carbocycles. The van der Waals surface area contributed by atoms with Crippen molar-refractivity contribution in [3.05, 3.63) is 35.9 Å². The minimum Gasteiger partial charge on any atom is -0.356 e. The summed E-state index contributed by atoms with van der Waals surface area (Å²) < 4.78 is 0. The van der Waals surface area contributed by atoms with Crippen molar-refractivity contribution in [3.63, 3.8) is 0 Å². The molecule has 2 heteroatoms. The van der Waals surface area contributed by atoms with Crippen molar-refractivity contribution >= 4 is 5.91 Å². The lowest BCUT2D eigenvalue weighted by atomic mass is 9.97. The lowest BCUT2D eigenvalue weighted by Crippen LogP contribution is -2.33. The summed E-state index contributed by atoms with van der Waals surface area (Å²) in [6, 6.07) is 10.2. The summed E-state index contributed by atoms with van der Waals surface area (Å²) in [5.74, 6) is 0.651. The van der Waals surface area contributed by atoms with Gasteiger partial charge in [0.25, 0.3) is 0 Å². The Morgan fingerprint density at radius 3 is 2.38 bits per heavy atom. The summed E-state index contributed by atoms with van der Waals surface area (Å²) in [6.45, 7) is 6.84. The van der Waals surface area contributed by atoms with Crippen molar-refractivity contribution in [2.45, 2.75) is 27.2 Å². The maximum atomic E-state index is 11.7. The lowest BCUT2D eigenvalue weighted by Gasteiger charge is -2.15. The first-order chi connectivity index (χ1) is 7.61. The van der Waals surface area contributed by atoms with Crippen LogP contribution in [-0.2, 0) is 11.2 Å². The number of hydrogen-bond donors (Lipinski definition) is 1. The van der Waals surface area contributed by atoms with E-state index in [1.54, 1.807) is 0 Å². The number of hydrogen-bond acceptors (Lipinski definition) is 1. The van der Waals surface area contributed by atoms with Crippen LogP contribution in [0, 0.1) is 11.8 Å². The Kier molecular flexibility index (Phi) is 5.03. The smallest absolute Gasteiger partial charge is 0.223 e. The fourth-order valence-corrected chi connectivity index (χ4v) is 1.44. The third kappa shape index (κ3) is 4.05. The first-order valence-electron chi connectivity index (χ1n) is 5.93. The average Bonchev–Trinajstić information content (AvgIpc) is 2.29. The van der Waals surface area contributed by atoms with Crippen molar-refractivity contribution in [2.24, 2.45) is 11.8 Å². The third-order valence-corrected chi connectivity index (χ3v) is 2.97. The second-order valence-electron chi connectivity index (χ2n) is 4.56. The molecule has 1 N–H and O–H groups in total. The molecule has 2 nitrogen and oxygen atoms in total. The van der Waals surface area contributed by atoms with Crippen LogP contribution in [0.4, 0.5) is 0 Å². The molecule has 16 heavy (non-hydrogen) atoms. The molecule has 1 amide bonds. The highest BCUT2D eigenvalue weighted by Gasteiger charge is 2.15. The molecule has 0 spiro atoms. The molecule has 0 fully saturated rings. The topological polar surface area (TPSA) is 29.1 Å². The van der Waals surface area contributed by atoms with Gasteiger partial charge in [0, 0.05) is 12.5 Å².